The molecule has 2 heterocycles. The molecular weight excluding hydrogens is 244 g/mol. The van der Waals surface area contributed by atoms with Crippen molar-refractivity contribution in [2.75, 3.05) is 26.2 Å². The van der Waals surface area contributed by atoms with Crippen LogP contribution >= 0.6 is 0 Å². The Morgan fingerprint density at radius 2 is 2.11 bits per heavy atom. The van der Waals surface area contributed by atoms with Gasteiger partial charge in [-0.05, 0) is 19.9 Å². The van der Waals surface area contributed by atoms with E-state index < -0.39 is 0 Å². The fourth-order valence-corrected chi connectivity index (χ4v) is 2.32. The Morgan fingerprint density at radius 1 is 1.42 bits per heavy atom. The summed E-state index contributed by atoms with van der Waals surface area (Å²) in [7, 11) is 0. The second-order valence-corrected chi connectivity index (χ2v) is 5.18. The molecule has 1 aromatic heterocycles. The van der Waals surface area contributed by atoms with Crippen LogP contribution in [0.4, 0.5) is 0 Å². The lowest BCUT2D eigenvalue weighted by molar-refractivity contribution is 0.0953. The summed E-state index contributed by atoms with van der Waals surface area (Å²) < 4.78 is 5.39. The Morgan fingerprint density at radius 3 is 2.68 bits per heavy atom. The largest absolute Gasteiger partial charge is 0.467 e. The van der Waals surface area contributed by atoms with Gasteiger partial charge in [-0.1, -0.05) is 0 Å². The number of amides is 1. The first-order chi connectivity index (χ1) is 9.10. The van der Waals surface area contributed by atoms with E-state index in [9.17, 15) is 4.79 Å². The summed E-state index contributed by atoms with van der Waals surface area (Å²) in [6.45, 7) is 9.39. The third kappa shape index (κ3) is 3.56. The molecule has 6 nitrogen and oxygen atoms in total. The third-order valence-electron chi connectivity index (χ3n) is 3.56. The Labute approximate surface area is 113 Å². The van der Waals surface area contributed by atoms with E-state index in [1.165, 1.54) is 6.26 Å². The molecule has 2 rings (SSSR count). The number of nitrogen functional groups attached to an aromatic ring is 1. The molecule has 1 aliphatic heterocycles. The topological polar surface area (TPSA) is 74.7 Å². The molecular formula is C13H22N4O2. The minimum atomic E-state index is -0.320. The normalized spacial score (nSPS) is 17.9. The van der Waals surface area contributed by atoms with E-state index in [0.717, 1.165) is 38.5 Å². The number of hydrogen-bond acceptors (Lipinski definition) is 5. The number of nitrogens with zero attached hydrogens (tertiary/aromatic N) is 2. The number of nitrogens with one attached hydrogen (secondary N) is 1. The second kappa shape index (κ2) is 6.18. The van der Waals surface area contributed by atoms with Crippen molar-refractivity contribution in [2.24, 2.45) is 5.84 Å². The van der Waals surface area contributed by atoms with E-state index in [2.05, 4.69) is 29.1 Å². The smallest absolute Gasteiger partial charge is 0.268 e. The van der Waals surface area contributed by atoms with Gasteiger partial charge < -0.3 is 4.42 Å². The number of hydrazine groups is 1. The maximum Gasteiger partial charge on any atom is 0.268 e. The lowest BCUT2D eigenvalue weighted by Crippen LogP contribution is -2.48. The zero-order valence-corrected chi connectivity index (χ0v) is 11.6. The van der Waals surface area contributed by atoms with Crippen LogP contribution in [0.15, 0.2) is 16.7 Å². The molecule has 0 aliphatic carbocycles. The van der Waals surface area contributed by atoms with E-state index in [1.54, 1.807) is 6.07 Å². The zero-order chi connectivity index (χ0) is 13.8. The Bertz CT molecular complexity index is 422. The first-order valence-electron chi connectivity index (χ1n) is 6.65. The van der Waals surface area contributed by atoms with E-state index >= 15 is 0 Å². The van der Waals surface area contributed by atoms with Gasteiger partial charge in [-0.25, -0.2) is 5.84 Å². The lowest BCUT2D eigenvalue weighted by atomic mass is 10.2. The van der Waals surface area contributed by atoms with Crippen LogP contribution in [0.25, 0.3) is 0 Å². The van der Waals surface area contributed by atoms with Crippen molar-refractivity contribution in [2.45, 2.75) is 26.4 Å². The van der Waals surface area contributed by atoms with Gasteiger partial charge in [0.15, 0.2) is 0 Å². The number of piperazine rings is 1. The first-order valence-corrected chi connectivity index (χ1v) is 6.65. The monoisotopic (exact) mass is 266 g/mol. The Hall–Kier alpha value is -1.37. The summed E-state index contributed by atoms with van der Waals surface area (Å²) in [5, 5.41) is 0. The van der Waals surface area contributed by atoms with Gasteiger partial charge in [0.25, 0.3) is 5.91 Å². The SMILES string of the molecule is CC(C)N1CCN(Cc2cc(C(=O)NN)co2)CC1. The number of carbonyl (C=O) groups excluding carboxylic acids is 1. The summed E-state index contributed by atoms with van der Waals surface area (Å²) >= 11 is 0. The molecule has 0 spiro atoms. The summed E-state index contributed by atoms with van der Waals surface area (Å²) in [5.41, 5.74) is 2.57. The molecule has 106 valence electrons. The molecule has 0 radical (unpaired) electrons. The molecule has 0 bridgehead atoms. The number of nitrogens with two attached hydrogens (primary N) is 1. The first kappa shape index (κ1) is 14.0. The van der Waals surface area contributed by atoms with Crippen LogP contribution in [0.1, 0.15) is 30.0 Å². The van der Waals surface area contributed by atoms with Gasteiger partial charge in [0.2, 0.25) is 0 Å². The van der Waals surface area contributed by atoms with Crippen molar-refractivity contribution in [1.82, 2.24) is 15.2 Å². The van der Waals surface area contributed by atoms with Crippen LogP contribution in [0.2, 0.25) is 0 Å². The molecule has 19 heavy (non-hydrogen) atoms. The van der Waals surface area contributed by atoms with Gasteiger partial charge in [0, 0.05) is 32.2 Å². The number of furan rings is 1. The molecule has 6 heteroatoms. The number of hydrogen-bond donors (Lipinski definition) is 2. The predicted octanol–water partition coefficient (Wildman–Crippen LogP) is 0.409. The van der Waals surface area contributed by atoms with Crippen LogP contribution in [-0.2, 0) is 6.54 Å². The minimum Gasteiger partial charge on any atom is -0.467 e. The maximum atomic E-state index is 11.3. The fourth-order valence-electron chi connectivity index (χ4n) is 2.32. The van der Waals surface area contributed by atoms with E-state index in [1.807, 2.05) is 0 Å². The highest BCUT2D eigenvalue weighted by Crippen LogP contribution is 2.13. The fraction of sp³-hybridized carbons (Fsp3) is 0.615. The quantitative estimate of drug-likeness (QED) is 0.469. The van der Waals surface area contributed by atoms with Crippen molar-refractivity contribution in [3.05, 3.63) is 23.7 Å². The highest BCUT2D eigenvalue weighted by Gasteiger charge is 2.20. The molecule has 0 saturated carbocycles. The van der Waals surface area contributed by atoms with Crippen molar-refractivity contribution in [3.8, 4) is 0 Å². The summed E-state index contributed by atoms with van der Waals surface area (Å²) in [6, 6.07) is 2.35. The van der Waals surface area contributed by atoms with Gasteiger partial charge in [0.1, 0.15) is 12.0 Å². The van der Waals surface area contributed by atoms with Gasteiger partial charge in [0.05, 0.1) is 12.1 Å². The molecule has 1 saturated heterocycles. The minimum absolute atomic E-state index is 0.320. The van der Waals surface area contributed by atoms with Crippen LogP contribution in [0, 0.1) is 0 Å². The molecule has 1 aliphatic rings. The van der Waals surface area contributed by atoms with Crippen LogP contribution in [0.5, 0.6) is 0 Å². The van der Waals surface area contributed by atoms with Crippen LogP contribution < -0.4 is 11.3 Å². The number of carbonyl (C=O) groups is 1. The van der Waals surface area contributed by atoms with Gasteiger partial charge in [-0.15, -0.1) is 0 Å². The highest BCUT2D eigenvalue weighted by molar-refractivity contribution is 5.93. The molecule has 0 aromatic carbocycles. The standard InChI is InChI=1S/C13H22N4O2/c1-10(2)17-5-3-16(4-6-17)8-12-7-11(9-19-12)13(18)15-14/h7,9-10H,3-6,8,14H2,1-2H3,(H,15,18). The van der Waals surface area contributed by atoms with Crippen molar-refractivity contribution in [3.63, 3.8) is 0 Å². The predicted molar refractivity (Wildman–Crippen MR) is 72.3 cm³/mol. The van der Waals surface area contributed by atoms with E-state index in [4.69, 9.17) is 10.3 Å². The van der Waals surface area contributed by atoms with Crippen molar-refractivity contribution in [1.29, 1.82) is 0 Å². The van der Waals surface area contributed by atoms with Crippen LogP contribution in [-0.4, -0.2) is 47.9 Å². The summed E-state index contributed by atoms with van der Waals surface area (Å²) in [6.07, 6.45) is 1.45. The summed E-state index contributed by atoms with van der Waals surface area (Å²) in [4.78, 5) is 16.1. The number of rotatable bonds is 4. The average Bonchev–Trinajstić information content (AvgIpc) is 2.87. The third-order valence-corrected chi connectivity index (χ3v) is 3.56. The molecule has 1 fully saturated rings. The van der Waals surface area contributed by atoms with Crippen molar-refractivity contribution >= 4 is 5.91 Å². The molecule has 0 atom stereocenters. The van der Waals surface area contributed by atoms with Gasteiger partial charge in [-0.2, -0.15) is 0 Å². The van der Waals surface area contributed by atoms with Gasteiger partial charge in [-0.3, -0.25) is 20.0 Å². The van der Waals surface area contributed by atoms with E-state index in [-0.39, 0.29) is 5.91 Å². The highest BCUT2D eigenvalue weighted by atomic mass is 16.3. The Balaban J connectivity index is 1.85. The van der Waals surface area contributed by atoms with Crippen LogP contribution in [0.3, 0.4) is 0 Å². The van der Waals surface area contributed by atoms with E-state index in [0.29, 0.717) is 11.6 Å². The van der Waals surface area contributed by atoms with Crippen molar-refractivity contribution < 1.29 is 9.21 Å². The van der Waals surface area contributed by atoms with Gasteiger partial charge >= 0.3 is 0 Å². The maximum absolute atomic E-state index is 11.3. The molecule has 1 aromatic rings. The lowest BCUT2D eigenvalue weighted by Gasteiger charge is -2.36. The second-order valence-electron chi connectivity index (χ2n) is 5.18. The molecule has 3 N–H and O–H groups in total. The summed E-state index contributed by atoms with van der Waals surface area (Å²) in [5.74, 6) is 5.57. The molecule has 1 amide bonds. The Kier molecular flexibility index (Phi) is 4.57. The average molecular weight is 266 g/mol. The zero-order valence-electron chi connectivity index (χ0n) is 11.6. The molecule has 0 unspecified atom stereocenters.